The van der Waals surface area contributed by atoms with Gasteiger partial charge in [-0.05, 0) is 24.5 Å². The molecule has 8 nitrogen and oxygen atoms in total. The molecule has 3 rings (SSSR count). The zero-order valence-electron chi connectivity index (χ0n) is 13.7. The van der Waals surface area contributed by atoms with Gasteiger partial charge in [0.15, 0.2) is 5.41 Å². The van der Waals surface area contributed by atoms with Gasteiger partial charge >= 0.3 is 0 Å². The van der Waals surface area contributed by atoms with E-state index < -0.39 is 10.3 Å². The fourth-order valence-corrected chi connectivity index (χ4v) is 4.11. The first-order valence-corrected chi connectivity index (χ1v) is 7.94. The average molecular weight is 332 g/mol. The van der Waals surface area contributed by atoms with Crippen LogP contribution in [0, 0.1) is 15.5 Å². The minimum atomic E-state index is -1.28. The third-order valence-electron chi connectivity index (χ3n) is 5.14. The van der Waals surface area contributed by atoms with Crippen LogP contribution in [0.15, 0.2) is 18.2 Å². The molecule has 0 radical (unpaired) electrons. The molecule has 128 valence electrons. The number of benzene rings is 1. The topological polar surface area (TPSA) is 105 Å². The molecule has 24 heavy (non-hydrogen) atoms. The number of hydrogen-bond donors (Lipinski definition) is 2. The van der Waals surface area contributed by atoms with Crippen LogP contribution >= 0.6 is 0 Å². The van der Waals surface area contributed by atoms with Crippen molar-refractivity contribution in [1.82, 2.24) is 10.6 Å². The molecule has 1 atom stereocenters. The van der Waals surface area contributed by atoms with Gasteiger partial charge in [-0.1, -0.05) is 0 Å². The molecule has 1 fully saturated rings. The van der Waals surface area contributed by atoms with Gasteiger partial charge in [0, 0.05) is 44.9 Å². The second kappa shape index (κ2) is 5.77. The van der Waals surface area contributed by atoms with E-state index in [9.17, 15) is 19.7 Å². The van der Waals surface area contributed by atoms with Gasteiger partial charge in [-0.3, -0.25) is 19.7 Å². The summed E-state index contributed by atoms with van der Waals surface area (Å²) < 4.78 is 0. The molecule has 2 heterocycles. The summed E-state index contributed by atoms with van der Waals surface area (Å²) in [4.78, 5) is 38.1. The molecule has 8 heteroatoms. The smallest absolute Gasteiger partial charge is 0.269 e. The fraction of sp³-hybridized carbons (Fsp3) is 0.500. The predicted molar refractivity (Wildman–Crippen MR) is 87.7 cm³/mol. The Balaban J connectivity index is 2.19. The maximum atomic E-state index is 12.7. The van der Waals surface area contributed by atoms with Gasteiger partial charge in [-0.2, -0.15) is 0 Å². The van der Waals surface area contributed by atoms with E-state index in [1.54, 1.807) is 6.07 Å². The molecule has 1 saturated heterocycles. The molecule has 1 aromatic carbocycles. The molecular weight excluding hydrogens is 312 g/mol. The number of nitro benzene ring substituents is 1. The zero-order valence-corrected chi connectivity index (χ0v) is 13.7. The highest BCUT2D eigenvalue weighted by molar-refractivity contribution is 6.07. The number of nitrogens with one attached hydrogen (secondary N) is 2. The molecule has 2 aliphatic rings. The first kappa shape index (κ1) is 16.2. The Morgan fingerprint density at radius 2 is 1.96 bits per heavy atom. The highest BCUT2D eigenvalue weighted by atomic mass is 16.6. The quantitative estimate of drug-likeness (QED) is 0.479. The van der Waals surface area contributed by atoms with Crippen LogP contribution in [0.4, 0.5) is 11.4 Å². The number of carbonyl (C=O) groups excluding carboxylic acids is 2. The Morgan fingerprint density at radius 1 is 1.29 bits per heavy atom. The van der Waals surface area contributed by atoms with E-state index in [0.29, 0.717) is 5.56 Å². The third kappa shape index (κ3) is 2.13. The number of non-ortho nitro benzene ring substituents is 1. The zero-order chi connectivity index (χ0) is 17.5. The van der Waals surface area contributed by atoms with Crippen molar-refractivity contribution in [3.63, 3.8) is 0 Å². The van der Waals surface area contributed by atoms with E-state index in [4.69, 9.17) is 0 Å². The Kier molecular flexibility index (Phi) is 3.90. The van der Waals surface area contributed by atoms with Crippen LogP contribution < -0.4 is 15.5 Å². The Hall–Kier alpha value is -2.64. The van der Waals surface area contributed by atoms with Crippen LogP contribution in [-0.4, -0.2) is 43.4 Å². The average Bonchev–Trinajstić information content (AvgIpc) is 3.09. The summed E-state index contributed by atoms with van der Waals surface area (Å²) in [6.07, 6.45) is 1.76. The Labute approximate surface area is 139 Å². The molecule has 0 spiro atoms. The number of hydrogen-bond acceptors (Lipinski definition) is 5. The molecule has 2 N–H and O–H groups in total. The Bertz CT molecular complexity index is 702. The van der Waals surface area contributed by atoms with Crippen molar-refractivity contribution in [2.24, 2.45) is 5.41 Å². The maximum absolute atomic E-state index is 12.7. The van der Waals surface area contributed by atoms with Crippen molar-refractivity contribution < 1.29 is 14.5 Å². The van der Waals surface area contributed by atoms with Gasteiger partial charge in [0.25, 0.3) is 5.69 Å². The van der Waals surface area contributed by atoms with E-state index in [-0.39, 0.29) is 30.0 Å². The lowest BCUT2D eigenvalue weighted by Gasteiger charge is -2.45. The van der Waals surface area contributed by atoms with E-state index in [1.807, 2.05) is 4.90 Å². The molecule has 0 saturated carbocycles. The molecule has 0 aliphatic carbocycles. The summed E-state index contributed by atoms with van der Waals surface area (Å²) in [7, 11) is 3.02. The summed E-state index contributed by atoms with van der Waals surface area (Å²) in [5.41, 5.74) is 0.234. The van der Waals surface area contributed by atoms with Crippen molar-refractivity contribution in [3.8, 4) is 0 Å². The highest BCUT2D eigenvalue weighted by Gasteiger charge is 2.57. The summed E-state index contributed by atoms with van der Waals surface area (Å²) in [5, 5.41) is 16.3. The minimum absolute atomic E-state index is 0.0332. The second-order valence-electron chi connectivity index (χ2n) is 6.23. The summed E-state index contributed by atoms with van der Waals surface area (Å²) >= 11 is 0. The van der Waals surface area contributed by atoms with E-state index in [1.165, 1.54) is 26.2 Å². The van der Waals surface area contributed by atoms with Crippen LogP contribution in [0.3, 0.4) is 0 Å². The van der Waals surface area contributed by atoms with Crippen molar-refractivity contribution in [2.75, 3.05) is 25.5 Å². The summed E-state index contributed by atoms with van der Waals surface area (Å²) in [5.74, 6) is -0.702. The molecule has 1 unspecified atom stereocenters. The van der Waals surface area contributed by atoms with Crippen molar-refractivity contribution in [1.29, 1.82) is 0 Å². The van der Waals surface area contributed by atoms with Gasteiger partial charge in [0.05, 0.1) is 11.0 Å². The lowest BCUT2D eigenvalue weighted by molar-refractivity contribution is -0.384. The SMILES string of the molecule is CNC(=O)C1(C(=O)NC)Cc2cc([N+](=O)[O-])ccc2N2CCCC21. The van der Waals surface area contributed by atoms with Crippen molar-refractivity contribution in [3.05, 3.63) is 33.9 Å². The summed E-state index contributed by atoms with van der Waals surface area (Å²) in [6, 6.07) is 4.43. The van der Waals surface area contributed by atoms with E-state index in [0.717, 1.165) is 25.1 Å². The van der Waals surface area contributed by atoms with Gasteiger partial charge in [0.2, 0.25) is 11.8 Å². The van der Waals surface area contributed by atoms with Crippen LogP contribution in [0.25, 0.3) is 0 Å². The normalized spacial score (nSPS) is 20.8. The Morgan fingerprint density at radius 3 is 2.54 bits per heavy atom. The van der Waals surface area contributed by atoms with Crippen LogP contribution in [0.1, 0.15) is 18.4 Å². The van der Waals surface area contributed by atoms with Gasteiger partial charge in [0.1, 0.15) is 0 Å². The monoisotopic (exact) mass is 332 g/mol. The number of carbonyl (C=O) groups is 2. The second-order valence-corrected chi connectivity index (χ2v) is 6.23. The number of amides is 2. The van der Waals surface area contributed by atoms with Crippen molar-refractivity contribution in [2.45, 2.75) is 25.3 Å². The number of rotatable bonds is 3. The fourth-order valence-electron chi connectivity index (χ4n) is 4.11. The van der Waals surface area contributed by atoms with E-state index in [2.05, 4.69) is 10.6 Å². The summed E-state index contributed by atoms with van der Waals surface area (Å²) in [6.45, 7) is 0.727. The third-order valence-corrected chi connectivity index (χ3v) is 5.14. The van der Waals surface area contributed by atoms with Crippen LogP contribution in [-0.2, 0) is 16.0 Å². The molecule has 0 bridgehead atoms. The van der Waals surface area contributed by atoms with E-state index >= 15 is 0 Å². The first-order chi connectivity index (χ1) is 11.5. The van der Waals surface area contributed by atoms with Gasteiger partial charge < -0.3 is 15.5 Å². The molecule has 1 aromatic rings. The number of nitrogens with zero attached hydrogens (tertiary/aromatic N) is 2. The van der Waals surface area contributed by atoms with Gasteiger partial charge in [-0.25, -0.2) is 0 Å². The lowest BCUT2D eigenvalue weighted by atomic mass is 9.69. The standard InChI is InChI=1S/C16H20N4O4/c1-17-14(21)16(15(22)18-2)9-10-8-11(20(23)24)5-6-12(10)19-7-3-4-13(16)19/h5-6,8,13H,3-4,7,9H2,1-2H3,(H,17,21)(H,18,22). The highest BCUT2D eigenvalue weighted by Crippen LogP contribution is 2.47. The first-order valence-electron chi connectivity index (χ1n) is 7.94. The number of anilines is 1. The predicted octanol–water partition coefficient (Wildman–Crippen LogP) is 0.598. The number of fused-ring (bicyclic) bond motifs is 3. The van der Waals surface area contributed by atoms with Crippen molar-refractivity contribution >= 4 is 23.2 Å². The van der Waals surface area contributed by atoms with Crippen LogP contribution in [0.2, 0.25) is 0 Å². The largest absolute Gasteiger partial charge is 0.367 e. The molecule has 2 amide bonds. The number of nitro groups is 1. The molecular formula is C16H20N4O4. The molecule has 2 aliphatic heterocycles. The van der Waals surface area contributed by atoms with Gasteiger partial charge in [-0.15, -0.1) is 0 Å². The maximum Gasteiger partial charge on any atom is 0.269 e. The van der Waals surface area contributed by atoms with Crippen LogP contribution in [0.5, 0.6) is 0 Å². The lowest BCUT2D eigenvalue weighted by Crippen LogP contribution is -2.63. The minimum Gasteiger partial charge on any atom is -0.367 e. The molecule has 0 aromatic heterocycles.